The van der Waals surface area contributed by atoms with E-state index in [2.05, 4.69) is 25.5 Å². The molecule has 0 unspecified atom stereocenters. The summed E-state index contributed by atoms with van der Waals surface area (Å²) < 4.78 is 4.54. The third-order valence-corrected chi connectivity index (χ3v) is 0.289. The Morgan fingerprint density at radius 1 is 1.10 bits per heavy atom. The molecule has 1 nitrogen and oxygen atoms in total. The van der Waals surface area contributed by atoms with Gasteiger partial charge in [0.1, 0.15) is 0 Å². The van der Waals surface area contributed by atoms with Crippen molar-refractivity contribution in [2.45, 2.75) is 42.5 Å². The molecular weight excluding hydrogens is 124 g/mol. The summed E-state index contributed by atoms with van der Waals surface area (Å²) in [5.41, 5.74) is 0. The van der Waals surface area contributed by atoms with Crippen LogP contribution in [0.4, 0.5) is 0 Å². The monoisotopic (exact) mass is 150 g/mol. The number of ether oxygens (including phenoxy) is 1. The van der Waals surface area contributed by atoms with Crippen LogP contribution >= 0.6 is 0 Å². The minimum atomic E-state index is 0. The van der Waals surface area contributed by atoms with Crippen LogP contribution in [0.25, 0.3) is 0 Å². The fourth-order valence-electron chi connectivity index (χ4n) is 0. The van der Waals surface area contributed by atoms with E-state index in [0.717, 1.165) is 12.5 Å². The molecule has 0 amide bonds. The van der Waals surface area contributed by atoms with Crippen LogP contribution in [0.2, 0.25) is 0 Å². The van der Waals surface area contributed by atoms with Gasteiger partial charge in [-0.2, -0.15) is 0 Å². The zero-order valence-electron chi connectivity index (χ0n) is 6.69. The van der Waals surface area contributed by atoms with Gasteiger partial charge in [-0.1, -0.05) is 35.6 Å². The molecular formula is C9H26O. The normalized spacial score (nSPS) is 6.60. The first-order valence-corrected chi connectivity index (χ1v) is 3.14. The first kappa shape index (κ1) is 22.5. The van der Waals surface area contributed by atoms with Crippen molar-refractivity contribution in [2.24, 2.45) is 5.92 Å². The summed E-state index contributed by atoms with van der Waals surface area (Å²) in [7, 11) is 1.68. The molecule has 0 atom stereocenters. The molecule has 0 aromatic heterocycles. The maximum atomic E-state index is 4.54. The second kappa shape index (κ2) is 23.1. The maximum Gasteiger partial charge on any atom is 0.0433 e. The topological polar surface area (TPSA) is 9.23 Å². The van der Waals surface area contributed by atoms with Crippen molar-refractivity contribution in [3.8, 4) is 0 Å². The molecule has 0 spiro atoms. The minimum Gasteiger partial charge on any atom is -0.385 e. The van der Waals surface area contributed by atoms with Crippen molar-refractivity contribution in [1.29, 1.82) is 0 Å². The van der Waals surface area contributed by atoms with E-state index in [1.54, 1.807) is 7.11 Å². The molecule has 0 saturated heterocycles. The van der Waals surface area contributed by atoms with E-state index in [1.165, 1.54) is 0 Å². The molecule has 0 aromatic carbocycles. The summed E-state index contributed by atoms with van der Waals surface area (Å²) in [6.07, 6.45) is 0. The van der Waals surface area contributed by atoms with Crippen LogP contribution in [0.3, 0.4) is 0 Å². The largest absolute Gasteiger partial charge is 0.385 e. The lowest BCUT2D eigenvalue weighted by molar-refractivity contribution is 0.215. The second-order valence-electron chi connectivity index (χ2n) is 2.31. The van der Waals surface area contributed by atoms with Gasteiger partial charge in [0.2, 0.25) is 0 Å². The molecule has 0 aliphatic rings. The predicted molar refractivity (Wildman–Crippen MR) is 51.5 cm³/mol. The van der Waals surface area contributed by atoms with Gasteiger partial charge in [-0.05, 0) is 12.8 Å². The zero-order chi connectivity index (χ0) is 6.99. The Bertz CT molecular complexity index is 21.2. The van der Waals surface area contributed by atoms with Crippen LogP contribution in [0.15, 0.2) is 0 Å². The van der Waals surface area contributed by atoms with E-state index in [0.29, 0.717) is 0 Å². The molecule has 0 saturated carbocycles. The van der Waals surface area contributed by atoms with Crippen LogP contribution in [-0.4, -0.2) is 13.7 Å². The van der Waals surface area contributed by atoms with Crippen LogP contribution in [0.1, 0.15) is 42.5 Å². The molecule has 68 valence electrons. The Labute approximate surface area is 67.8 Å². The minimum absolute atomic E-state index is 0. The van der Waals surface area contributed by atoms with Crippen LogP contribution in [0.5, 0.6) is 0 Å². The number of hydrogen-bond donors (Lipinski definition) is 0. The number of rotatable bonds is 1. The third-order valence-electron chi connectivity index (χ3n) is 0.289. The summed E-state index contributed by atoms with van der Waals surface area (Å²) >= 11 is 0. The van der Waals surface area contributed by atoms with Gasteiger partial charge in [-0.25, -0.2) is 0 Å². The lowest BCUT2D eigenvalue weighted by atomic mass is 10.3. The fraction of sp³-hybridized carbons (Fsp3) is 1.00. The summed E-state index contributed by atoms with van der Waals surface area (Å²) in [5.74, 6) is 0.833. The van der Waals surface area contributed by atoms with Gasteiger partial charge >= 0.3 is 0 Å². The van der Waals surface area contributed by atoms with Crippen LogP contribution in [-0.2, 0) is 4.74 Å². The highest BCUT2D eigenvalue weighted by atomic mass is 16.5. The van der Waals surface area contributed by atoms with E-state index in [-0.39, 0.29) is 14.9 Å². The summed E-state index contributed by atoms with van der Waals surface area (Å²) in [5, 5.41) is 0. The van der Waals surface area contributed by atoms with Gasteiger partial charge in [-0.15, -0.1) is 0 Å². The van der Waals surface area contributed by atoms with E-state index < -0.39 is 0 Å². The fourth-order valence-corrected chi connectivity index (χ4v) is 0. The number of methoxy groups -OCH3 is 1. The Hall–Kier alpha value is -0.0400. The van der Waals surface area contributed by atoms with Crippen molar-refractivity contribution in [3.63, 3.8) is 0 Å². The maximum absolute atomic E-state index is 4.54. The molecule has 0 rings (SSSR count). The first-order valence-electron chi connectivity index (χ1n) is 3.14. The molecule has 0 N–H and O–H groups in total. The van der Waals surface area contributed by atoms with Gasteiger partial charge in [0.25, 0.3) is 0 Å². The van der Waals surface area contributed by atoms with Crippen LogP contribution in [0, 0.1) is 5.92 Å². The average Bonchev–Trinajstić information content (AvgIpc) is 1.65. The van der Waals surface area contributed by atoms with Gasteiger partial charge in [0.05, 0.1) is 0 Å². The zero-order valence-corrected chi connectivity index (χ0v) is 6.69. The lowest BCUT2D eigenvalue weighted by Crippen LogP contribution is -1.73. The molecule has 0 aliphatic carbocycles. The molecule has 10 heavy (non-hydrogen) atoms. The molecule has 0 radical (unpaired) electrons. The SMILES string of the molecule is C.C.CC(C)C.CCOC. The van der Waals surface area contributed by atoms with Crippen molar-refractivity contribution < 1.29 is 4.74 Å². The van der Waals surface area contributed by atoms with Crippen molar-refractivity contribution >= 4 is 0 Å². The lowest BCUT2D eigenvalue weighted by Gasteiger charge is -1.79. The Morgan fingerprint density at radius 2 is 1.20 bits per heavy atom. The van der Waals surface area contributed by atoms with Crippen molar-refractivity contribution in [1.82, 2.24) is 0 Å². The molecule has 0 bridgehead atoms. The highest BCUT2D eigenvalue weighted by molar-refractivity contribution is 4.20. The Kier molecular flexibility index (Phi) is 51.9. The molecule has 0 fully saturated rings. The Morgan fingerprint density at radius 3 is 1.20 bits per heavy atom. The van der Waals surface area contributed by atoms with E-state index >= 15 is 0 Å². The van der Waals surface area contributed by atoms with Gasteiger partial charge in [0.15, 0.2) is 0 Å². The molecule has 0 aliphatic heterocycles. The van der Waals surface area contributed by atoms with Gasteiger partial charge < -0.3 is 4.74 Å². The molecule has 0 aromatic rings. The summed E-state index contributed by atoms with van der Waals surface area (Å²) in [6.45, 7) is 9.28. The highest BCUT2D eigenvalue weighted by Gasteiger charge is 1.68. The van der Waals surface area contributed by atoms with E-state index in [9.17, 15) is 0 Å². The standard InChI is InChI=1S/C4H10.C3H8O.2CH4/c1-4(2)3;1-3-4-2;;/h4H,1-3H3;3H2,1-2H3;2*1H4. The van der Waals surface area contributed by atoms with Gasteiger partial charge in [0, 0.05) is 13.7 Å². The van der Waals surface area contributed by atoms with E-state index in [1.807, 2.05) is 6.92 Å². The smallest absolute Gasteiger partial charge is 0.0433 e. The quantitative estimate of drug-likeness (QED) is 0.555. The Balaban J connectivity index is -0.0000000300. The highest BCUT2D eigenvalue weighted by Crippen LogP contribution is 1.81. The third kappa shape index (κ3) is 418. The molecule has 0 heterocycles. The average molecular weight is 150 g/mol. The van der Waals surface area contributed by atoms with Crippen molar-refractivity contribution in [2.75, 3.05) is 13.7 Å². The predicted octanol–water partition coefficient (Wildman–Crippen LogP) is 3.59. The number of hydrogen-bond acceptors (Lipinski definition) is 1. The first-order chi connectivity index (χ1) is 3.65. The molecule has 1 heteroatoms. The summed E-state index contributed by atoms with van der Waals surface area (Å²) in [4.78, 5) is 0. The van der Waals surface area contributed by atoms with Crippen LogP contribution < -0.4 is 0 Å². The summed E-state index contributed by atoms with van der Waals surface area (Å²) in [6, 6.07) is 0. The van der Waals surface area contributed by atoms with Gasteiger partial charge in [-0.3, -0.25) is 0 Å². The second-order valence-corrected chi connectivity index (χ2v) is 2.31. The van der Waals surface area contributed by atoms with E-state index in [4.69, 9.17) is 0 Å². The van der Waals surface area contributed by atoms with Crippen molar-refractivity contribution in [3.05, 3.63) is 0 Å².